The number of carboxylic acid groups (broad SMARTS) is 1. The Balaban J connectivity index is 1.85. The summed E-state index contributed by atoms with van der Waals surface area (Å²) in [4.78, 5) is 11.6. The highest BCUT2D eigenvalue weighted by atomic mass is 32.2. The van der Waals surface area contributed by atoms with Crippen LogP contribution in [0.15, 0.2) is 48.0 Å². The maximum Gasteiger partial charge on any atom is 0.331 e. The van der Waals surface area contributed by atoms with Crippen LogP contribution in [-0.2, 0) is 19.6 Å². The van der Waals surface area contributed by atoms with E-state index in [2.05, 4.69) is 0 Å². The molecule has 1 aliphatic heterocycles. The second kappa shape index (κ2) is 9.98. The molecule has 1 heterocycles. The number of carbonyl (C=O) groups is 1. The van der Waals surface area contributed by atoms with Crippen LogP contribution in [0.1, 0.15) is 25.3 Å². The number of aliphatic carboxylic acids is 1. The second-order valence-electron chi connectivity index (χ2n) is 7.26. The Bertz CT molecular complexity index is 1060. The zero-order chi connectivity index (χ0) is 22.4. The van der Waals surface area contributed by atoms with Gasteiger partial charge in [-0.3, -0.25) is 4.31 Å². The van der Waals surface area contributed by atoms with E-state index in [4.69, 9.17) is 9.47 Å². The SMILES string of the molecule is CCOCCCOc1ccc(-c2ccc3c(c2)C=C(C(=O)O)CCN3S(C)(=O)=O)cc1. The molecule has 3 rings (SSSR count). The minimum absolute atomic E-state index is 0.0959. The van der Waals surface area contributed by atoms with Crippen molar-refractivity contribution in [3.05, 3.63) is 53.6 Å². The lowest BCUT2D eigenvalue weighted by Gasteiger charge is -2.22. The molecule has 0 saturated heterocycles. The minimum atomic E-state index is -3.53. The van der Waals surface area contributed by atoms with Crippen molar-refractivity contribution in [1.29, 1.82) is 0 Å². The predicted octanol–water partition coefficient (Wildman–Crippen LogP) is 3.80. The molecule has 0 amide bonds. The molecule has 0 aliphatic carbocycles. The minimum Gasteiger partial charge on any atom is -0.494 e. The van der Waals surface area contributed by atoms with Crippen molar-refractivity contribution in [3.8, 4) is 16.9 Å². The third-order valence-corrected chi connectivity index (χ3v) is 6.16. The first-order chi connectivity index (χ1) is 14.8. The van der Waals surface area contributed by atoms with E-state index >= 15 is 0 Å². The van der Waals surface area contributed by atoms with Gasteiger partial charge in [-0.05, 0) is 60.4 Å². The van der Waals surface area contributed by atoms with Crippen molar-refractivity contribution in [3.63, 3.8) is 0 Å². The van der Waals surface area contributed by atoms with Crippen LogP contribution in [-0.4, -0.2) is 52.1 Å². The molecule has 0 fully saturated rings. The lowest BCUT2D eigenvalue weighted by Crippen LogP contribution is -2.31. The summed E-state index contributed by atoms with van der Waals surface area (Å²) in [7, 11) is -3.53. The molecule has 31 heavy (non-hydrogen) atoms. The van der Waals surface area contributed by atoms with Gasteiger partial charge in [-0.25, -0.2) is 13.2 Å². The van der Waals surface area contributed by atoms with Crippen LogP contribution in [0, 0.1) is 0 Å². The number of sulfonamides is 1. The van der Waals surface area contributed by atoms with Gasteiger partial charge in [0.2, 0.25) is 10.0 Å². The van der Waals surface area contributed by atoms with Crippen LogP contribution in [0.5, 0.6) is 5.75 Å². The van der Waals surface area contributed by atoms with Gasteiger partial charge in [0, 0.05) is 31.8 Å². The largest absolute Gasteiger partial charge is 0.494 e. The fraction of sp³-hybridized carbons (Fsp3) is 0.348. The summed E-state index contributed by atoms with van der Waals surface area (Å²) in [5.74, 6) is -0.288. The molecule has 8 heteroatoms. The average Bonchev–Trinajstić information content (AvgIpc) is 2.93. The predicted molar refractivity (Wildman–Crippen MR) is 121 cm³/mol. The van der Waals surface area contributed by atoms with E-state index in [0.717, 1.165) is 29.6 Å². The molecular formula is C23H27NO6S. The van der Waals surface area contributed by atoms with Crippen molar-refractivity contribution in [2.45, 2.75) is 19.8 Å². The van der Waals surface area contributed by atoms with Gasteiger partial charge in [-0.2, -0.15) is 0 Å². The monoisotopic (exact) mass is 445 g/mol. The molecule has 7 nitrogen and oxygen atoms in total. The van der Waals surface area contributed by atoms with Crippen molar-refractivity contribution in [2.24, 2.45) is 0 Å². The Hall–Kier alpha value is -2.84. The molecular weight excluding hydrogens is 418 g/mol. The van der Waals surface area contributed by atoms with Gasteiger partial charge >= 0.3 is 5.97 Å². The summed E-state index contributed by atoms with van der Waals surface area (Å²) >= 11 is 0. The van der Waals surface area contributed by atoms with Gasteiger partial charge in [0.25, 0.3) is 0 Å². The van der Waals surface area contributed by atoms with Gasteiger partial charge in [0.15, 0.2) is 0 Å². The van der Waals surface area contributed by atoms with E-state index in [9.17, 15) is 18.3 Å². The number of ether oxygens (including phenoxy) is 2. The van der Waals surface area contributed by atoms with E-state index in [1.807, 2.05) is 43.3 Å². The van der Waals surface area contributed by atoms with Crippen LogP contribution < -0.4 is 9.04 Å². The molecule has 166 valence electrons. The van der Waals surface area contributed by atoms with E-state index in [0.29, 0.717) is 31.1 Å². The Morgan fingerprint density at radius 3 is 2.45 bits per heavy atom. The van der Waals surface area contributed by atoms with E-state index < -0.39 is 16.0 Å². The molecule has 0 unspecified atom stereocenters. The van der Waals surface area contributed by atoms with Crippen molar-refractivity contribution in [2.75, 3.05) is 36.9 Å². The smallest absolute Gasteiger partial charge is 0.331 e. The summed E-state index contributed by atoms with van der Waals surface area (Å²) in [6, 6.07) is 13.0. The maximum atomic E-state index is 12.2. The molecule has 0 atom stereocenters. The Morgan fingerprint density at radius 1 is 1.10 bits per heavy atom. The number of hydrogen-bond acceptors (Lipinski definition) is 5. The van der Waals surface area contributed by atoms with Gasteiger partial charge < -0.3 is 14.6 Å². The van der Waals surface area contributed by atoms with Crippen LogP contribution in [0.2, 0.25) is 0 Å². The summed E-state index contributed by atoms with van der Waals surface area (Å²) in [6.07, 6.45) is 3.64. The number of benzene rings is 2. The molecule has 0 aromatic heterocycles. The first-order valence-electron chi connectivity index (χ1n) is 10.2. The normalized spacial score (nSPS) is 13.9. The first kappa shape index (κ1) is 22.8. The average molecular weight is 446 g/mol. The zero-order valence-electron chi connectivity index (χ0n) is 17.7. The molecule has 1 aliphatic rings. The third kappa shape index (κ3) is 5.86. The van der Waals surface area contributed by atoms with E-state index in [-0.39, 0.29) is 18.5 Å². The van der Waals surface area contributed by atoms with Gasteiger partial charge in [0.05, 0.1) is 18.6 Å². The lowest BCUT2D eigenvalue weighted by molar-refractivity contribution is -0.132. The van der Waals surface area contributed by atoms with Crippen LogP contribution in [0.4, 0.5) is 5.69 Å². The number of anilines is 1. The number of nitrogens with zero attached hydrogens (tertiary/aromatic N) is 1. The van der Waals surface area contributed by atoms with E-state index in [1.54, 1.807) is 12.1 Å². The zero-order valence-corrected chi connectivity index (χ0v) is 18.5. The quantitative estimate of drug-likeness (QED) is 0.590. The summed E-state index contributed by atoms with van der Waals surface area (Å²) in [5.41, 5.74) is 3.01. The molecule has 0 spiro atoms. The summed E-state index contributed by atoms with van der Waals surface area (Å²) in [6.45, 7) is 3.99. The van der Waals surface area contributed by atoms with Crippen LogP contribution in [0.3, 0.4) is 0 Å². The number of hydrogen-bond donors (Lipinski definition) is 1. The topological polar surface area (TPSA) is 93.1 Å². The molecule has 1 N–H and O–H groups in total. The van der Waals surface area contributed by atoms with Gasteiger partial charge in [-0.1, -0.05) is 18.2 Å². The van der Waals surface area contributed by atoms with Crippen molar-refractivity contribution < 1.29 is 27.8 Å². The first-order valence-corrected chi connectivity index (χ1v) is 12.0. The second-order valence-corrected chi connectivity index (χ2v) is 9.16. The highest BCUT2D eigenvalue weighted by Gasteiger charge is 2.25. The van der Waals surface area contributed by atoms with Gasteiger partial charge in [0.1, 0.15) is 5.75 Å². The molecule has 0 bridgehead atoms. The molecule has 0 saturated carbocycles. The van der Waals surface area contributed by atoms with Crippen molar-refractivity contribution >= 4 is 27.8 Å². The molecule has 2 aromatic carbocycles. The molecule has 2 aromatic rings. The number of fused-ring (bicyclic) bond motifs is 1. The molecule has 0 radical (unpaired) electrons. The fourth-order valence-electron chi connectivity index (χ4n) is 3.43. The highest BCUT2D eigenvalue weighted by molar-refractivity contribution is 7.92. The number of carboxylic acids is 1. The maximum absolute atomic E-state index is 12.2. The summed E-state index contributed by atoms with van der Waals surface area (Å²) in [5, 5.41) is 9.46. The Morgan fingerprint density at radius 2 is 1.81 bits per heavy atom. The van der Waals surface area contributed by atoms with Crippen LogP contribution in [0.25, 0.3) is 17.2 Å². The number of rotatable bonds is 9. The fourth-order valence-corrected chi connectivity index (χ4v) is 4.38. The summed E-state index contributed by atoms with van der Waals surface area (Å²) < 4.78 is 36.8. The van der Waals surface area contributed by atoms with Crippen LogP contribution >= 0.6 is 0 Å². The highest BCUT2D eigenvalue weighted by Crippen LogP contribution is 2.34. The van der Waals surface area contributed by atoms with Gasteiger partial charge in [-0.15, -0.1) is 0 Å². The third-order valence-electron chi connectivity index (χ3n) is 4.98. The standard InChI is InChI=1S/C23H27NO6S/c1-3-29-13-4-14-30-21-8-5-17(6-9-21)18-7-10-22-20(15-18)16-19(23(25)26)11-12-24(22)31(2,27)28/h5-10,15-16H,3-4,11-14H2,1-2H3,(H,25,26). The van der Waals surface area contributed by atoms with Crippen molar-refractivity contribution in [1.82, 2.24) is 0 Å². The lowest BCUT2D eigenvalue weighted by atomic mass is 10.0. The Labute approximate surface area is 183 Å². The Kier molecular flexibility index (Phi) is 7.35. The van der Waals surface area contributed by atoms with E-state index in [1.165, 1.54) is 4.31 Å².